The number of aromatic nitrogens is 1. The molecule has 3 rings (SSSR count). The van der Waals surface area contributed by atoms with E-state index < -0.39 is 0 Å². The first-order valence-electron chi connectivity index (χ1n) is 8.72. The number of rotatable bonds is 7. The number of benzene rings is 1. The molecule has 1 amide bonds. The van der Waals surface area contributed by atoms with E-state index in [1.165, 1.54) is 6.07 Å². The van der Waals surface area contributed by atoms with E-state index in [0.29, 0.717) is 31.7 Å². The Kier molecular flexibility index (Phi) is 6.00. The molecule has 6 nitrogen and oxygen atoms in total. The van der Waals surface area contributed by atoms with Crippen molar-refractivity contribution < 1.29 is 18.4 Å². The summed E-state index contributed by atoms with van der Waals surface area (Å²) in [5.74, 6) is 0.599. The number of carbonyl (C=O) groups excluding carboxylic acids is 1. The Bertz CT molecular complexity index is 749. The summed E-state index contributed by atoms with van der Waals surface area (Å²) in [5, 5.41) is 6.92. The molecule has 26 heavy (non-hydrogen) atoms. The molecule has 1 N–H and O–H groups in total. The molecule has 0 radical (unpaired) electrons. The number of aryl methyl sites for hydroxylation is 1. The van der Waals surface area contributed by atoms with Crippen molar-refractivity contribution in [1.82, 2.24) is 15.4 Å². The Morgan fingerprint density at radius 3 is 2.92 bits per heavy atom. The number of hydrogen-bond acceptors (Lipinski definition) is 5. The minimum absolute atomic E-state index is 0.0604. The van der Waals surface area contributed by atoms with Crippen LogP contribution in [0, 0.1) is 18.7 Å². The third-order valence-corrected chi connectivity index (χ3v) is 4.50. The first-order chi connectivity index (χ1) is 12.5. The van der Waals surface area contributed by atoms with E-state index in [0.717, 1.165) is 11.5 Å². The summed E-state index contributed by atoms with van der Waals surface area (Å²) in [6, 6.07) is 8.44. The summed E-state index contributed by atoms with van der Waals surface area (Å²) >= 11 is 0. The average molecular weight is 361 g/mol. The summed E-state index contributed by atoms with van der Waals surface area (Å²) < 4.78 is 24.5. The Morgan fingerprint density at radius 2 is 2.19 bits per heavy atom. The van der Waals surface area contributed by atoms with Gasteiger partial charge in [0.1, 0.15) is 11.6 Å². The van der Waals surface area contributed by atoms with Gasteiger partial charge in [0.2, 0.25) is 5.91 Å². The molecule has 0 bridgehead atoms. The number of ether oxygens (including phenoxy) is 1. The second-order valence-corrected chi connectivity index (χ2v) is 6.87. The van der Waals surface area contributed by atoms with Gasteiger partial charge in [0.25, 0.3) is 0 Å². The lowest BCUT2D eigenvalue weighted by Gasteiger charge is -2.21. The fraction of sp³-hybridized carbons (Fsp3) is 0.474. The van der Waals surface area contributed by atoms with Gasteiger partial charge >= 0.3 is 0 Å². The molecule has 0 saturated carbocycles. The fourth-order valence-electron chi connectivity index (χ4n) is 3.20. The molecule has 140 valence electrons. The molecule has 2 heterocycles. The summed E-state index contributed by atoms with van der Waals surface area (Å²) in [7, 11) is 1.80. The zero-order valence-corrected chi connectivity index (χ0v) is 15.1. The van der Waals surface area contributed by atoms with Crippen LogP contribution in [0.4, 0.5) is 4.39 Å². The SMILES string of the molecule is Cc1cc(C[C@@H]2COC[C@@H]2NC(=O)CN(C)Cc2ccccc2F)on1. The van der Waals surface area contributed by atoms with Crippen LogP contribution in [0.2, 0.25) is 0 Å². The van der Waals surface area contributed by atoms with Crippen molar-refractivity contribution in [2.75, 3.05) is 26.8 Å². The number of halogens is 1. The van der Waals surface area contributed by atoms with Gasteiger partial charge in [0, 0.05) is 30.5 Å². The summed E-state index contributed by atoms with van der Waals surface area (Å²) in [6.45, 7) is 3.51. The number of nitrogens with one attached hydrogen (secondary N) is 1. The Morgan fingerprint density at radius 1 is 1.38 bits per heavy atom. The standard InChI is InChI=1S/C19H24FN3O3/c1-13-7-16(26-22-13)8-15-11-25-12-18(15)21-19(24)10-23(2)9-14-5-3-4-6-17(14)20/h3-7,15,18H,8-12H2,1-2H3,(H,21,24)/t15-,18+/m1/s1. The largest absolute Gasteiger partial charge is 0.379 e. The van der Waals surface area contributed by atoms with Crippen LogP contribution < -0.4 is 5.32 Å². The Labute approximate surface area is 152 Å². The highest BCUT2D eigenvalue weighted by molar-refractivity contribution is 5.78. The Hall–Kier alpha value is -2.25. The van der Waals surface area contributed by atoms with Gasteiger partial charge < -0.3 is 14.6 Å². The maximum absolute atomic E-state index is 13.7. The molecule has 0 aliphatic carbocycles. The summed E-state index contributed by atoms with van der Waals surface area (Å²) in [4.78, 5) is 14.1. The van der Waals surface area contributed by atoms with Crippen molar-refractivity contribution in [1.29, 1.82) is 0 Å². The molecule has 1 saturated heterocycles. The lowest BCUT2D eigenvalue weighted by atomic mass is 9.98. The molecular formula is C19H24FN3O3. The van der Waals surface area contributed by atoms with Crippen LogP contribution in [-0.4, -0.2) is 48.8 Å². The van der Waals surface area contributed by atoms with E-state index in [4.69, 9.17) is 9.26 Å². The van der Waals surface area contributed by atoms with Crippen molar-refractivity contribution in [3.63, 3.8) is 0 Å². The second-order valence-electron chi connectivity index (χ2n) is 6.87. The van der Waals surface area contributed by atoms with E-state index >= 15 is 0 Å². The lowest BCUT2D eigenvalue weighted by molar-refractivity contribution is -0.123. The monoisotopic (exact) mass is 361 g/mol. The molecule has 0 unspecified atom stereocenters. The molecule has 7 heteroatoms. The van der Waals surface area contributed by atoms with Crippen LogP contribution >= 0.6 is 0 Å². The highest BCUT2D eigenvalue weighted by Crippen LogP contribution is 2.20. The zero-order chi connectivity index (χ0) is 18.5. The van der Waals surface area contributed by atoms with E-state index in [1.807, 2.05) is 13.0 Å². The van der Waals surface area contributed by atoms with Crippen LogP contribution in [0.3, 0.4) is 0 Å². The molecule has 1 aromatic heterocycles. The van der Waals surface area contributed by atoms with Gasteiger partial charge in [-0.3, -0.25) is 9.69 Å². The van der Waals surface area contributed by atoms with Crippen LogP contribution in [-0.2, 0) is 22.5 Å². The third-order valence-electron chi connectivity index (χ3n) is 4.50. The average Bonchev–Trinajstić information content (AvgIpc) is 3.19. The third kappa shape index (κ3) is 4.89. The van der Waals surface area contributed by atoms with Gasteiger partial charge in [0.15, 0.2) is 0 Å². The molecule has 0 spiro atoms. The molecule has 1 aliphatic heterocycles. The van der Waals surface area contributed by atoms with E-state index in [2.05, 4.69) is 10.5 Å². The first kappa shape index (κ1) is 18.5. The summed E-state index contributed by atoms with van der Waals surface area (Å²) in [6.07, 6.45) is 0.677. The molecule has 2 aromatic rings. The molecular weight excluding hydrogens is 337 g/mol. The number of hydrogen-bond donors (Lipinski definition) is 1. The fourth-order valence-corrected chi connectivity index (χ4v) is 3.20. The maximum Gasteiger partial charge on any atom is 0.234 e. The minimum atomic E-state index is -0.258. The van der Waals surface area contributed by atoms with Crippen molar-refractivity contribution in [2.45, 2.75) is 25.9 Å². The van der Waals surface area contributed by atoms with Crippen molar-refractivity contribution >= 4 is 5.91 Å². The van der Waals surface area contributed by atoms with Crippen molar-refractivity contribution in [2.24, 2.45) is 5.92 Å². The van der Waals surface area contributed by atoms with Gasteiger partial charge in [-0.05, 0) is 20.0 Å². The number of carbonyl (C=O) groups is 1. The van der Waals surface area contributed by atoms with Gasteiger partial charge in [-0.15, -0.1) is 0 Å². The van der Waals surface area contributed by atoms with E-state index in [-0.39, 0.29) is 30.2 Å². The van der Waals surface area contributed by atoms with E-state index in [9.17, 15) is 9.18 Å². The van der Waals surface area contributed by atoms with Gasteiger partial charge in [-0.1, -0.05) is 23.4 Å². The van der Waals surface area contributed by atoms with Gasteiger partial charge in [-0.25, -0.2) is 4.39 Å². The first-order valence-corrected chi connectivity index (χ1v) is 8.72. The maximum atomic E-state index is 13.7. The number of amides is 1. The smallest absolute Gasteiger partial charge is 0.234 e. The van der Waals surface area contributed by atoms with Crippen LogP contribution in [0.15, 0.2) is 34.9 Å². The normalized spacial score (nSPS) is 19.8. The molecule has 1 aromatic carbocycles. The van der Waals surface area contributed by atoms with Crippen LogP contribution in [0.5, 0.6) is 0 Å². The Balaban J connectivity index is 1.49. The van der Waals surface area contributed by atoms with Gasteiger partial charge in [0.05, 0.1) is 31.5 Å². The highest BCUT2D eigenvalue weighted by Gasteiger charge is 2.30. The molecule has 1 fully saturated rings. The van der Waals surface area contributed by atoms with Crippen LogP contribution in [0.25, 0.3) is 0 Å². The topological polar surface area (TPSA) is 67.6 Å². The van der Waals surface area contributed by atoms with Crippen molar-refractivity contribution in [3.05, 3.63) is 53.2 Å². The summed E-state index contributed by atoms with van der Waals surface area (Å²) in [5.41, 5.74) is 1.42. The minimum Gasteiger partial charge on any atom is -0.379 e. The number of likely N-dealkylation sites (N-methyl/N-ethyl adjacent to an activating group) is 1. The van der Waals surface area contributed by atoms with Gasteiger partial charge in [-0.2, -0.15) is 0 Å². The molecule has 2 atom stereocenters. The van der Waals surface area contributed by atoms with Crippen LogP contribution in [0.1, 0.15) is 17.0 Å². The highest BCUT2D eigenvalue weighted by atomic mass is 19.1. The predicted octanol–water partition coefficient (Wildman–Crippen LogP) is 1.93. The number of nitrogens with zero attached hydrogens (tertiary/aromatic N) is 2. The lowest BCUT2D eigenvalue weighted by Crippen LogP contribution is -2.44. The zero-order valence-electron chi connectivity index (χ0n) is 15.1. The predicted molar refractivity (Wildman–Crippen MR) is 93.9 cm³/mol. The quantitative estimate of drug-likeness (QED) is 0.816. The second kappa shape index (κ2) is 8.42. The van der Waals surface area contributed by atoms with Crippen molar-refractivity contribution in [3.8, 4) is 0 Å². The van der Waals surface area contributed by atoms with E-state index in [1.54, 1.807) is 30.1 Å². The molecule has 1 aliphatic rings.